The van der Waals surface area contributed by atoms with E-state index in [9.17, 15) is 9.59 Å². The average molecular weight is 263 g/mol. The molecule has 0 aromatic carbocycles. The van der Waals surface area contributed by atoms with E-state index in [-0.39, 0.29) is 17.3 Å². The highest BCUT2D eigenvalue weighted by Gasteiger charge is 2.13. The third kappa shape index (κ3) is 4.39. The topological polar surface area (TPSA) is 59.3 Å². The molecule has 1 N–H and O–H groups in total. The first-order valence-electron chi connectivity index (χ1n) is 6.59. The van der Waals surface area contributed by atoms with E-state index in [1.165, 1.54) is 0 Å². The molecule has 0 saturated heterocycles. The number of hydrogen-bond donors (Lipinski definition) is 1. The van der Waals surface area contributed by atoms with Crippen LogP contribution < -0.4 is 10.9 Å². The van der Waals surface area contributed by atoms with Gasteiger partial charge in [-0.2, -0.15) is 0 Å². The van der Waals surface area contributed by atoms with Gasteiger partial charge in [0, 0.05) is 19.4 Å². The summed E-state index contributed by atoms with van der Waals surface area (Å²) in [6.07, 6.45) is 6.02. The molecule has 0 spiro atoms. The minimum atomic E-state index is -0.526. The van der Waals surface area contributed by atoms with Crippen LogP contribution in [0.4, 0.5) is 0 Å². The Balaban J connectivity index is 2.74. The van der Waals surface area contributed by atoms with Crippen molar-refractivity contribution in [3.8, 4) is 0 Å². The zero-order valence-corrected chi connectivity index (χ0v) is 11.7. The number of hydrogen-bond acceptors (Lipinski definition) is 4. The van der Waals surface area contributed by atoms with Crippen molar-refractivity contribution in [2.45, 2.75) is 39.0 Å². The molecular formula is C15H21NO3. The molecule has 0 fully saturated rings. The van der Waals surface area contributed by atoms with Crippen LogP contribution in [0.1, 0.15) is 55.1 Å². The quantitative estimate of drug-likeness (QED) is 0.768. The summed E-state index contributed by atoms with van der Waals surface area (Å²) < 4.78 is 5.23. The highest BCUT2D eigenvalue weighted by atomic mass is 16.4. The molecule has 0 bridgehead atoms. The highest BCUT2D eigenvalue weighted by molar-refractivity contribution is 5.95. The van der Waals surface area contributed by atoms with Gasteiger partial charge in [-0.25, -0.2) is 4.79 Å². The summed E-state index contributed by atoms with van der Waals surface area (Å²) in [5.74, 6) is 0.611. The second-order valence-corrected chi connectivity index (χ2v) is 4.49. The molecule has 19 heavy (non-hydrogen) atoms. The molecule has 0 aliphatic heterocycles. The van der Waals surface area contributed by atoms with Crippen molar-refractivity contribution in [3.05, 3.63) is 46.2 Å². The molecule has 1 atom stereocenters. The Labute approximate surface area is 113 Å². The first kappa shape index (κ1) is 15.2. The van der Waals surface area contributed by atoms with E-state index < -0.39 is 5.63 Å². The van der Waals surface area contributed by atoms with Gasteiger partial charge in [0.05, 0.1) is 0 Å². The van der Waals surface area contributed by atoms with Crippen LogP contribution in [0.5, 0.6) is 0 Å². The van der Waals surface area contributed by atoms with Crippen LogP contribution in [-0.4, -0.2) is 12.8 Å². The largest absolute Gasteiger partial charge is 0.427 e. The van der Waals surface area contributed by atoms with E-state index in [2.05, 4.69) is 5.32 Å². The Hall–Kier alpha value is -1.84. The molecule has 1 unspecified atom stereocenters. The number of nitrogens with one attached hydrogen (secondary N) is 1. The number of ketones is 1. The fraction of sp³-hybridized carbons (Fsp3) is 0.467. The van der Waals surface area contributed by atoms with Gasteiger partial charge in [0.25, 0.3) is 0 Å². The monoisotopic (exact) mass is 263 g/mol. The maximum Gasteiger partial charge on any atom is 0.346 e. The zero-order valence-electron chi connectivity index (χ0n) is 11.7. The molecule has 1 rings (SSSR count). The van der Waals surface area contributed by atoms with Gasteiger partial charge in [-0.3, -0.25) is 4.79 Å². The van der Waals surface area contributed by atoms with Crippen LogP contribution >= 0.6 is 0 Å². The summed E-state index contributed by atoms with van der Waals surface area (Å²) in [7, 11) is 1.85. The smallest absolute Gasteiger partial charge is 0.346 e. The first-order valence-corrected chi connectivity index (χ1v) is 6.59. The van der Waals surface area contributed by atoms with Gasteiger partial charge in [-0.05, 0) is 31.2 Å². The molecule has 0 aliphatic carbocycles. The van der Waals surface area contributed by atoms with Gasteiger partial charge in [0.1, 0.15) is 11.3 Å². The van der Waals surface area contributed by atoms with Gasteiger partial charge >= 0.3 is 5.63 Å². The Kier molecular flexibility index (Phi) is 6.06. The number of allylic oxidation sites excluding steroid dienone is 1. The molecule has 1 heterocycles. The molecular weight excluding hydrogens is 242 g/mol. The molecule has 0 aliphatic rings. The van der Waals surface area contributed by atoms with Crippen molar-refractivity contribution < 1.29 is 9.21 Å². The van der Waals surface area contributed by atoms with E-state index >= 15 is 0 Å². The fourth-order valence-electron chi connectivity index (χ4n) is 1.78. The molecule has 1 aromatic heterocycles. The van der Waals surface area contributed by atoms with Gasteiger partial charge in [-0.15, -0.1) is 0 Å². The van der Waals surface area contributed by atoms with Gasteiger partial charge in [0.15, 0.2) is 5.78 Å². The predicted molar refractivity (Wildman–Crippen MR) is 75.4 cm³/mol. The van der Waals surface area contributed by atoms with Gasteiger partial charge in [0.2, 0.25) is 0 Å². The Morgan fingerprint density at radius 2 is 2.21 bits per heavy atom. The standard InChI is InChI=1S/C15H21NO3/c1-4-13(17)12-8-9-14(19-15(12)18)11(2)7-5-6-10-16-3/h6,8-11,16H,4-5,7H2,1-3H3/b10-6+. The predicted octanol–water partition coefficient (Wildman–Crippen LogP) is 2.85. The minimum Gasteiger partial charge on any atom is -0.427 e. The lowest BCUT2D eigenvalue weighted by Crippen LogP contribution is -2.14. The van der Waals surface area contributed by atoms with Crippen LogP contribution in [-0.2, 0) is 0 Å². The number of carbonyl (C=O) groups excluding carboxylic acids is 1. The lowest BCUT2D eigenvalue weighted by atomic mass is 10.0. The maximum absolute atomic E-state index is 11.7. The van der Waals surface area contributed by atoms with Crippen LogP contribution in [0.25, 0.3) is 0 Å². The summed E-state index contributed by atoms with van der Waals surface area (Å²) in [6.45, 7) is 3.74. The normalized spacial score (nSPS) is 12.6. The molecule has 104 valence electrons. The second-order valence-electron chi connectivity index (χ2n) is 4.49. The van der Waals surface area contributed by atoms with E-state index in [1.54, 1.807) is 19.1 Å². The summed E-state index contributed by atoms with van der Waals surface area (Å²) in [6, 6.07) is 3.31. The number of Topliss-reactive ketones (excluding diaryl/α,β-unsaturated/α-hetero) is 1. The van der Waals surface area contributed by atoms with Crippen LogP contribution in [0, 0.1) is 0 Å². The zero-order chi connectivity index (χ0) is 14.3. The van der Waals surface area contributed by atoms with Crippen molar-refractivity contribution in [1.29, 1.82) is 0 Å². The third-order valence-electron chi connectivity index (χ3n) is 3.00. The Morgan fingerprint density at radius 1 is 1.47 bits per heavy atom. The van der Waals surface area contributed by atoms with Crippen molar-refractivity contribution in [2.75, 3.05) is 7.05 Å². The molecule has 0 saturated carbocycles. The lowest BCUT2D eigenvalue weighted by Gasteiger charge is -2.09. The summed E-state index contributed by atoms with van der Waals surface area (Å²) in [5, 5.41) is 2.93. The van der Waals surface area contributed by atoms with E-state index in [0.29, 0.717) is 12.2 Å². The van der Waals surface area contributed by atoms with Crippen molar-refractivity contribution >= 4 is 5.78 Å². The van der Waals surface area contributed by atoms with Crippen molar-refractivity contribution in [2.24, 2.45) is 0 Å². The van der Waals surface area contributed by atoms with Crippen LogP contribution in [0.15, 0.2) is 33.6 Å². The second kappa shape index (κ2) is 7.56. The Bertz CT molecular complexity index is 502. The number of carbonyl (C=O) groups is 1. The lowest BCUT2D eigenvalue weighted by molar-refractivity contribution is 0.0984. The van der Waals surface area contributed by atoms with Gasteiger partial charge < -0.3 is 9.73 Å². The summed E-state index contributed by atoms with van der Waals surface area (Å²) in [4.78, 5) is 23.2. The average Bonchev–Trinajstić information content (AvgIpc) is 2.42. The van der Waals surface area contributed by atoms with Crippen molar-refractivity contribution in [1.82, 2.24) is 5.32 Å². The van der Waals surface area contributed by atoms with Crippen molar-refractivity contribution in [3.63, 3.8) is 0 Å². The van der Waals surface area contributed by atoms with E-state index in [0.717, 1.165) is 12.8 Å². The molecule has 4 heteroatoms. The SMILES string of the molecule is CCC(=O)c1ccc(C(C)CC/C=C/NC)oc1=O. The molecule has 1 aromatic rings. The van der Waals surface area contributed by atoms with Crippen LogP contribution in [0.3, 0.4) is 0 Å². The van der Waals surface area contributed by atoms with Crippen LogP contribution in [0.2, 0.25) is 0 Å². The Morgan fingerprint density at radius 3 is 2.79 bits per heavy atom. The summed E-state index contributed by atoms with van der Waals surface area (Å²) >= 11 is 0. The van der Waals surface area contributed by atoms with E-state index in [1.807, 2.05) is 26.2 Å². The third-order valence-corrected chi connectivity index (χ3v) is 3.00. The fourth-order valence-corrected chi connectivity index (χ4v) is 1.78. The number of rotatable bonds is 7. The minimum absolute atomic E-state index is 0.147. The van der Waals surface area contributed by atoms with Gasteiger partial charge in [-0.1, -0.05) is 19.9 Å². The summed E-state index contributed by atoms with van der Waals surface area (Å²) in [5.41, 5.74) is -0.379. The maximum atomic E-state index is 11.7. The highest BCUT2D eigenvalue weighted by Crippen LogP contribution is 2.19. The first-order chi connectivity index (χ1) is 9.10. The molecule has 0 radical (unpaired) electrons. The molecule has 0 amide bonds. The van der Waals surface area contributed by atoms with E-state index in [4.69, 9.17) is 4.42 Å². The molecule has 4 nitrogen and oxygen atoms in total.